The molecule has 2 unspecified atom stereocenters. The number of ether oxygens (including phenoxy) is 1. The molecule has 118 valence electrons. The first-order chi connectivity index (χ1) is 9.87. The standard InChI is InChI=1S/C18H29NO2/c1-13(2)14-5-7-15(8-6-14)17(20)12-19-16-9-10-21-18(3,4)11-16/h5-8,13,16-17,19-20H,9-12H2,1-4H3. The highest BCUT2D eigenvalue weighted by molar-refractivity contribution is 5.26. The molecule has 2 N–H and O–H groups in total. The molecule has 0 aromatic heterocycles. The van der Waals surface area contributed by atoms with E-state index in [2.05, 4.69) is 45.1 Å². The lowest BCUT2D eigenvalue weighted by atomic mass is 9.93. The smallest absolute Gasteiger partial charge is 0.0914 e. The van der Waals surface area contributed by atoms with E-state index in [0.29, 0.717) is 18.5 Å². The van der Waals surface area contributed by atoms with Crippen LogP contribution in [0.5, 0.6) is 0 Å². The Hall–Kier alpha value is -0.900. The maximum atomic E-state index is 10.3. The first-order valence-electron chi connectivity index (χ1n) is 8.02. The van der Waals surface area contributed by atoms with Crippen LogP contribution >= 0.6 is 0 Å². The van der Waals surface area contributed by atoms with Crippen molar-refractivity contribution >= 4 is 0 Å². The van der Waals surface area contributed by atoms with Crippen LogP contribution in [0, 0.1) is 0 Å². The van der Waals surface area contributed by atoms with Gasteiger partial charge in [0.05, 0.1) is 11.7 Å². The molecule has 0 saturated carbocycles. The Kier molecular flexibility index (Phi) is 5.42. The summed E-state index contributed by atoms with van der Waals surface area (Å²) >= 11 is 0. The number of hydrogen-bond donors (Lipinski definition) is 2. The molecular weight excluding hydrogens is 262 g/mol. The molecule has 1 aromatic rings. The molecule has 0 bridgehead atoms. The molecule has 2 atom stereocenters. The van der Waals surface area contributed by atoms with Crippen LogP contribution in [0.2, 0.25) is 0 Å². The van der Waals surface area contributed by atoms with Crippen molar-refractivity contribution < 1.29 is 9.84 Å². The van der Waals surface area contributed by atoms with Crippen LogP contribution in [-0.4, -0.2) is 29.9 Å². The Morgan fingerprint density at radius 3 is 2.43 bits per heavy atom. The van der Waals surface area contributed by atoms with Crippen LogP contribution in [0.3, 0.4) is 0 Å². The van der Waals surface area contributed by atoms with E-state index in [1.807, 2.05) is 12.1 Å². The van der Waals surface area contributed by atoms with E-state index < -0.39 is 6.10 Å². The molecule has 0 amide bonds. The first kappa shape index (κ1) is 16.5. The van der Waals surface area contributed by atoms with Gasteiger partial charge in [-0.05, 0) is 43.7 Å². The van der Waals surface area contributed by atoms with Gasteiger partial charge < -0.3 is 15.2 Å². The van der Waals surface area contributed by atoms with E-state index in [9.17, 15) is 5.11 Å². The number of hydrogen-bond acceptors (Lipinski definition) is 3. The second-order valence-electron chi connectivity index (χ2n) is 7.04. The molecule has 1 aliphatic rings. The van der Waals surface area contributed by atoms with Crippen LogP contribution in [0.15, 0.2) is 24.3 Å². The lowest BCUT2D eigenvalue weighted by Crippen LogP contribution is -2.44. The largest absolute Gasteiger partial charge is 0.387 e. The van der Waals surface area contributed by atoms with Crippen molar-refractivity contribution in [2.75, 3.05) is 13.2 Å². The van der Waals surface area contributed by atoms with Crippen LogP contribution in [0.4, 0.5) is 0 Å². The van der Waals surface area contributed by atoms with E-state index >= 15 is 0 Å². The van der Waals surface area contributed by atoms with Crippen molar-refractivity contribution in [1.82, 2.24) is 5.32 Å². The Labute approximate surface area is 128 Å². The molecular formula is C18H29NO2. The Bertz CT molecular complexity index is 439. The van der Waals surface area contributed by atoms with Gasteiger partial charge in [0.15, 0.2) is 0 Å². The highest BCUT2D eigenvalue weighted by Crippen LogP contribution is 2.24. The number of nitrogens with one attached hydrogen (secondary N) is 1. The van der Waals surface area contributed by atoms with Crippen molar-refractivity contribution in [2.45, 2.75) is 64.2 Å². The van der Waals surface area contributed by atoms with E-state index in [-0.39, 0.29) is 5.60 Å². The molecule has 3 nitrogen and oxygen atoms in total. The summed E-state index contributed by atoms with van der Waals surface area (Å²) in [6, 6.07) is 8.73. The van der Waals surface area contributed by atoms with Gasteiger partial charge in [0.2, 0.25) is 0 Å². The lowest BCUT2D eigenvalue weighted by molar-refractivity contribution is -0.0638. The fraction of sp³-hybridized carbons (Fsp3) is 0.667. The van der Waals surface area contributed by atoms with Gasteiger partial charge in [-0.15, -0.1) is 0 Å². The van der Waals surface area contributed by atoms with E-state index in [0.717, 1.165) is 25.0 Å². The molecule has 2 rings (SSSR count). The predicted molar refractivity (Wildman–Crippen MR) is 86.5 cm³/mol. The molecule has 0 spiro atoms. The average Bonchev–Trinajstić information content (AvgIpc) is 2.44. The fourth-order valence-corrected chi connectivity index (χ4v) is 2.91. The average molecular weight is 291 g/mol. The van der Waals surface area contributed by atoms with Gasteiger partial charge in [0, 0.05) is 19.2 Å². The summed E-state index contributed by atoms with van der Waals surface area (Å²) in [5.41, 5.74) is 2.24. The van der Waals surface area contributed by atoms with Crippen molar-refractivity contribution in [3.05, 3.63) is 35.4 Å². The number of aliphatic hydroxyl groups excluding tert-OH is 1. The van der Waals surface area contributed by atoms with E-state index in [1.165, 1.54) is 5.56 Å². The SMILES string of the molecule is CC(C)c1ccc(C(O)CNC2CCOC(C)(C)C2)cc1. The van der Waals surface area contributed by atoms with Crippen LogP contribution in [0.1, 0.15) is 63.7 Å². The molecule has 1 aliphatic heterocycles. The molecule has 0 aliphatic carbocycles. The Morgan fingerprint density at radius 2 is 1.86 bits per heavy atom. The van der Waals surface area contributed by atoms with Gasteiger partial charge in [0.25, 0.3) is 0 Å². The minimum Gasteiger partial charge on any atom is -0.387 e. The topological polar surface area (TPSA) is 41.5 Å². The third-order valence-electron chi connectivity index (χ3n) is 4.28. The third kappa shape index (κ3) is 4.80. The second kappa shape index (κ2) is 6.91. The lowest BCUT2D eigenvalue weighted by Gasteiger charge is -2.36. The summed E-state index contributed by atoms with van der Waals surface area (Å²) in [6.07, 6.45) is 1.56. The normalized spacial score (nSPS) is 23.2. The zero-order chi connectivity index (χ0) is 15.5. The fourth-order valence-electron chi connectivity index (χ4n) is 2.91. The summed E-state index contributed by atoms with van der Waals surface area (Å²) in [5.74, 6) is 0.527. The van der Waals surface area contributed by atoms with Crippen molar-refractivity contribution in [1.29, 1.82) is 0 Å². The van der Waals surface area contributed by atoms with Crippen LogP contribution < -0.4 is 5.32 Å². The van der Waals surface area contributed by atoms with Crippen LogP contribution in [-0.2, 0) is 4.74 Å². The number of benzene rings is 1. The molecule has 1 saturated heterocycles. The zero-order valence-electron chi connectivity index (χ0n) is 13.7. The highest BCUT2D eigenvalue weighted by atomic mass is 16.5. The number of aliphatic hydroxyl groups is 1. The van der Waals surface area contributed by atoms with Gasteiger partial charge in [-0.1, -0.05) is 38.1 Å². The number of rotatable bonds is 5. The highest BCUT2D eigenvalue weighted by Gasteiger charge is 2.28. The van der Waals surface area contributed by atoms with Crippen LogP contribution in [0.25, 0.3) is 0 Å². The van der Waals surface area contributed by atoms with Gasteiger partial charge in [-0.2, -0.15) is 0 Å². The monoisotopic (exact) mass is 291 g/mol. The summed E-state index contributed by atoms with van der Waals surface area (Å²) in [7, 11) is 0. The minimum atomic E-state index is -0.447. The second-order valence-corrected chi connectivity index (χ2v) is 7.04. The summed E-state index contributed by atoms with van der Waals surface area (Å²) < 4.78 is 5.72. The predicted octanol–water partition coefficient (Wildman–Crippen LogP) is 3.39. The molecule has 21 heavy (non-hydrogen) atoms. The minimum absolute atomic E-state index is 0.0558. The van der Waals surface area contributed by atoms with Gasteiger partial charge >= 0.3 is 0 Å². The maximum Gasteiger partial charge on any atom is 0.0914 e. The van der Waals surface area contributed by atoms with Crippen molar-refractivity contribution in [2.24, 2.45) is 0 Å². The Balaban J connectivity index is 1.85. The molecule has 1 fully saturated rings. The third-order valence-corrected chi connectivity index (χ3v) is 4.28. The Morgan fingerprint density at radius 1 is 1.24 bits per heavy atom. The van der Waals surface area contributed by atoms with E-state index in [1.54, 1.807) is 0 Å². The zero-order valence-corrected chi connectivity index (χ0v) is 13.7. The molecule has 1 heterocycles. The molecule has 3 heteroatoms. The van der Waals surface area contributed by atoms with Crippen molar-refractivity contribution in [3.63, 3.8) is 0 Å². The van der Waals surface area contributed by atoms with E-state index in [4.69, 9.17) is 4.74 Å². The summed E-state index contributed by atoms with van der Waals surface area (Å²) in [5, 5.41) is 13.8. The van der Waals surface area contributed by atoms with Gasteiger partial charge in [0.1, 0.15) is 0 Å². The molecule has 1 aromatic carbocycles. The maximum absolute atomic E-state index is 10.3. The first-order valence-corrected chi connectivity index (χ1v) is 8.02. The molecule has 0 radical (unpaired) electrons. The van der Waals surface area contributed by atoms with Gasteiger partial charge in [-0.25, -0.2) is 0 Å². The quantitative estimate of drug-likeness (QED) is 0.873. The summed E-state index contributed by atoms with van der Waals surface area (Å²) in [4.78, 5) is 0. The van der Waals surface area contributed by atoms with Crippen molar-refractivity contribution in [3.8, 4) is 0 Å². The summed E-state index contributed by atoms with van der Waals surface area (Å²) in [6.45, 7) is 10.0. The van der Waals surface area contributed by atoms with Gasteiger partial charge in [-0.3, -0.25) is 0 Å².